The number of rotatable bonds is 8. The summed E-state index contributed by atoms with van der Waals surface area (Å²) in [5.41, 5.74) is 3.71. The normalized spacial score (nSPS) is 15.7. The number of amides is 1. The molecule has 0 radical (unpaired) electrons. The summed E-state index contributed by atoms with van der Waals surface area (Å²) < 4.78 is 0. The zero-order valence-corrected chi connectivity index (χ0v) is 19.5. The zero-order valence-electron chi connectivity index (χ0n) is 19.5. The van der Waals surface area contributed by atoms with Crippen LogP contribution in [-0.2, 0) is 6.54 Å². The number of likely N-dealkylation sites (tertiary alicyclic amines) is 1. The Bertz CT molecular complexity index is 1030. The van der Waals surface area contributed by atoms with E-state index in [4.69, 9.17) is 0 Å². The molecule has 0 aliphatic carbocycles. The first-order valence-electron chi connectivity index (χ1n) is 11.8. The highest BCUT2D eigenvalue weighted by atomic mass is 16.1. The van der Waals surface area contributed by atoms with Crippen molar-refractivity contribution in [2.24, 2.45) is 5.92 Å². The summed E-state index contributed by atoms with van der Waals surface area (Å²) >= 11 is 0. The summed E-state index contributed by atoms with van der Waals surface area (Å²) in [6.45, 7) is 5.29. The molecule has 1 fully saturated rings. The molecule has 4 rings (SSSR count). The quantitative estimate of drug-likeness (QED) is 0.502. The third-order valence-electron chi connectivity index (χ3n) is 6.52. The Morgan fingerprint density at radius 1 is 1.06 bits per heavy atom. The topological polar surface area (TPSA) is 70.2 Å². The van der Waals surface area contributed by atoms with Crippen LogP contribution < -0.4 is 10.6 Å². The van der Waals surface area contributed by atoms with Crippen molar-refractivity contribution in [2.45, 2.75) is 38.6 Å². The SMILES string of the molecule is CC(CC1CCN(C)CC1)c1ccc(NC(=O)c2cccnc2NCc2ccncc2)cc1. The molecule has 1 saturated heterocycles. The van der Waals surface area contributed by atoms with Gasteiger partial charge in [-0.05, 0) is 98.8 Å². The molecular weight excluding hydrogens is 410 g/mol. The third-order valence-corrected chi connectivity index (χ3v) is 6.52. The van der Waals surface area contributed by atoms with E-state index >= 15 is 0 Å². The van der Waals surface area contributed by atoms with Gasteiger partial charge in [-0.2, -0.15) is 0 Å². The monoisotopic (exact) mass is 443 g/mol. The fourth-order valence-corrected chi connectivity index (χ4v) is 4.44. The first kappa shape index (κ1) is 22.9. The molecule has 1 atom stereocenters. The van der Waals surface area contributed by atoms with Crippen molar-refractivity contribution < 1.29 is 4.79 Å². The summed E-state index contributed by atoms with van der Waals surface area (Å²) in [7, 11) is 2.21. The van der Waals surface area contributed by atoms with Crippen LogP contribution in [0.2, 0.25) is 0 Å². The van der Waals surface area contributed by atoms with Gasteiger partial charge < -0.3 is 15.5 Å². The number of aromatic nitrogens is 2. The second-order valence-electron chi connectivity index (χ2n) is 9.07. The molecule has 6 heteroatoms. The van der Waals surface area contributed by atoms with Crippen LogP contribution >= 0.6 is 0 Å². The Hall–Kier alpha value is -3.25. The molecule has 0 bridgehead atoms. The lowest BCUT2D eigenvalue weighted by molar-refractivity contribution is 0.102. The second kappa shape index (κ2) is 11.1. The fraction of sp³-hybridized carbons (Fsp3) is 0.370. The van der Waals surface area contributed by atoms with Crippen LogP contribution in [0.3, 0.4) is 0 Å². The van der Waals surface area contributed by atoms with Crippen molar-refractivity contribution in [3.63, 3.8) is 0 Å². The first-order valence-corrected chi connectivity index (χ1v) is 11.8. The Balaban J connectivity index is 1.35. The number of anilines is 2. The minimum absolute atomic E-state index is 0.174. The maximum atomic E-state index is 12.9. The number of hydrogen-bond acceptors (Lipinski definition) is 5. The molecule has 6 nitrogen and oxygen atoms in total. The predicted molar refractivity (Wildman–Crippen MR) is 133 cm³/mol. The van der Waals surface area contributed by atoms with E-state index in [9.17, 15) is 4.79 Å². The van der Waals surface area contributed by atoms with E-state index in [-0.39, 0.29) is 5.91 Å². The lowest BCUT2D eigenvalue weighted by atomic mass is 9.85. The van der Waals surface area contributed by atoms with Gasteiger partial charge >= 0.3 is 0 Å². The molecule has 1 unspecified atom stereocenters. The largest absolute Gasteiger partial charge is 0.365 e. The highest BCUT2D eigenvalue weighted by Crippen LogP contribution is 2.30. The van der Waals surface area contributed by atoms with Crippen molar-refractivity contribution in [3.8, 4) is 0 Å². The van der Waals surface area contributed by atoms with Gasteiger partial charge in [-0.25, -0.2) is 4.98 Å². The van der Waals surface area contributed by atoms with Crippen LogP contribution in [0.5, 0.6) is 0 Å². The minimum Gasteiger partial charge on any atom is -0.365 e. The second-order valence-corrected chi connectivity index (χ2v) is 9.07. The van der Waals surface area contributed by atoms with Crippen LogP contribution in [-0.4, -0.2) is 40.9 Å². The average Bonchev–Trinajstić information content (AvgIpc) is 2.85. The summed E-state index contributed by atoms with van der Waals surface area (Å²) in [6.07, 6.45) is 8.99. The molecule has 1 aliphatic heterocycles. The Morgan fingerprint density at radius 2 is 1.79 bits per heavy atom. The van der Waals surface area contributed by atoms with Gasteiger partial charge in [-0.15, -0.1) is 0 Å². The van der Waals surface area contributed by atoms with E-state index in [1.54, 1.807) is 30.7 Å². The van der Waals surface area contributed by atoms with Gasteiger partial charge in [0.25, 0.3) is 5.91 Å². The maximum Gasteiger partial charge on any atom is 0.259 e. The molecule has 2 N–H and O–H groups in total. The number of benzene rings is 1. The summed E-state index contributed by atoms with van der Waals surface area (Å²) in [6, 6.07) is 15.7. The number of carbonyl (C=O) groups excluding carboxylic acids is 1. The molecule has 3 aromatic rings. The van der Waals surface area contributed by atoms with Crippen LogP contribution in [0.25, 0.3) is 0 Å². The van der Waals surface area contributed by atoms with Gasteiger partial charge in [-0.3, -0.25) is 9.78 Å². The highest BCUT2D eigenvalue weighted by molar-refractivity contribution is 6.07. The lowest BCUT2D eigenvalue weighted by Crippen LogP contribution is -2.30. The van der Waals surface area contributed by atoms with Crippen molar-refractivity contribution >= 4 is 17.4 Å². The van der Waals surface area contributed by atoms with E-state index in [1.807, 2.05) is 24.3 Å². The number of nitrogens with one attached hydrogen (secondary N) is 2. The fourth-order valence-electron chi connectivity index (χ4n) is 4.44. The number of carbonyl (C=O) groups is 1. The Kier molecular flexibility index (Phi) is 7.68. The number of pyridine rings is 2. The van der Waals surface area contributed by atoms with E-state index < -0.39 is 0 Å². The summed E-state index contributed by atoms with van der Waals surface area (Å²) in [5, 5.41) is 6.27. The van der Waals surface area contributed by atoms with E-state index in [0.29, 0.717) is 23.8 Å². The van der Waals surface area contributed by atoms with Gasteiger partial charge in [-0.1, -0.05) is 19.1 Å². The maximum absolute atomic E-state index is 12.9. The lowest BCUT2D eigenvalue weighted by Gasteiger charge is -2.30. The van der Waals surface area contributed by atoms with Crippen molar-refractivity contribution in [1.82, 2.24) is 14.9 Å². The number of piperidine rings is 1. The van der Waals surface area contributed by atoms with Crippen molar-refractivity contribution in [2.75, 3.05) is 30.8 Å². The van der Waals surface area contributed by atoms with Crippen LogP contribution in [0.15, 0.2) is 67.1 Å². The van der Waals surface area contributed by atoms with E-state index in [2.05, 4.69) is 51.6 Å². The molecule has 172 valence electrons. The Labute approximate surface area is 196 Å². The standard InChI is InChI=1S/C27H33N5O/c1-20(18-21-11-16-32(2)17-12-21)23-5-7-24(8-6-23)31-27(33)25-4-3-13-29-26(25)30-19-22-9-14-28-15-10-22/h3-10,13-15,20-21H,11-12,16-19H2,1-2H3,(H,29,30)(H,31,33). The zero-order chi connectivity index (χ0) is 23.0. The Morgan fingerprint density at radius 3 is 2.52 bits per heavy atom. The summed E-state index contributed by atoms with van der Waals surface area (Å²) in [4.78, 5) is 23.8. The van der Waals surface area contributed by atoms with Gasteiger partial charge in [0, 0.05) is 30.8 Å². The van der Waals surface area contributed by atoms with Gasteiger partial charge in [0.15, 0.2) is 0 Å². The highest BCUT2D eigenvalue weighted by Gasteiger charge is 2.20. The molecular formula is C27H33N5O. The minimum atomic E-state index is -0.174. The van der Waals surface area contributed by atoms with Gasteiger partial charge in [0.2, 0.25) is 0 Å². The molecule has 0 saturated carbocycles. The van der Waals surface area contributed by atoms with E-state index in [1.165, 1.54) is 37.9 Å². The van der Waals surface area contributed by atoms with Crippen LogP contribution in [0.1, 0.15) is 53.6 Å². The summed E-state index contributed by atoms with van der Waals surface area (Å²) in [5.74, 6) is 1.72. The predicted octanol–water partition coefficient (Wildman–Crippen LogP) is 5.18. The molecule has 1 amide bonds. The third kappa shape index (κ3) is 6.39. The smallest absolute Gasteiger partial charge is 0.259 e. The molecule has 33 heavy (non-hydrogen) atoms. The molecule has 2 aromatic heterocycles. The average molecular weight is 444 g/mol. The molecule has 3 heterocycles. The first-order chi connectivity index (χ1) is 16.1. The number of nitrogens with zero attached hydrogens (tertiary/aromatic N) is 3. The van der Waals surface area contributed by atoms with Crippen molar-refractivity contribution in [3.05, 3.63) is 83.8 Å². The van der Waals surface area contributed by atoms with Gasteiger partial charge in [0.1, 0.15) is 5.82 Å². The molecule has 1 aliphatic rings. The van der Waals surface area contributed by atoms with E-state index in [0.717, 1.165) is 17.2 Å². The van der Waals surface area contributed by atoms with Gasteiger partial charge in [0.05, 0.1) is 5.56 Å². The van der Waals surface area contributed by atoms with Crippen molar-refractivity contribution in [1.29, 1.82) is 0 Å². The molecule has 1 aromatic carbocycles. The molecule has 0 spiro atoms. The van der Waals surface area contributed by atoms with Crippen LogP contribution in [0, 0.1) is 5.92 Å². The number of hydrogen-bond donors (Lipinski definition) is 2. The van der Waals surface area contributed by atoms with Crippen LogP contribution in [0.4, 0.5) is 11.5 Å².